The van der Waals surface area contributed by atoms with Crippen molar-refractivity contribution in [2.75, 3.05) is 33.8 Å². The lowest BCUT2D eigenvalue weighted by Crippen LogP contribution is -2.44. The third kappa shape index (κ3) is 2.12. The van der Waals surface area contributed by atoms with E-state index in [0.717, 1.165) is 23.6 Å². The molecule has 0 radical (unpaired) electrons. The highest BCUT2D eigenvalue weighted by Gasteiger charge is 2.61. The molecule has 0 saturated heterocycles. The van der Waals surface area contributed by atoms with Crippen molar-refractivity contribution in [2.45, 2.75) is 53.1 Å². The molecule has 0 aliphatic heterocycles. The van der Waals surface area contributed by atoms with E-state index in [9.17, 15) is 0 Å². The average molecular weight is 254 g/mol. The number of quaternary nitrogens is 1. The van der Waals surface area contributed by atoms with Gasteiger partial charge in [-0.25, -0.2) is 0 Å². The molecule has 0 aromatic heterocycles. The van der Waals surface area contributed by atoms with Gasteiger partial charge in [-0.3, -0.25) is 0 Å². The molecule has 2 fully saturated rings. The smallest absolute Gasteiger partial charge is 0.102 e. The molecule has 2 bridgehead atoms. The largest absolute Gasteiger partial charge is 0.372 e. The van der Waals surface area contributed by atoms with Crippen LogP contribution in [0, 0.1) is 16.7 Å². The van der Waals surface area contributed by atoms with Crippen LogP contribution in [0.25, 0.3) is 0 Å². The van der Waals surface area contributed by atoms with Gasteiger partial charge in [-0.15, -0.1) is 0 Å². The molecule has 2 heteroatoms. The summed E-state index contributed by atoms with van der Waals surface area (Å²) in [6.07, 6.45) is 4.58. The molecule has 2 aliphatic rings. The van der Waals surface area contributed by atoms with Crippen LogP contribution in [0.1, 0.15) is 47.0 Å². The number of hydrogen-bond donors (Lipinski definition) is 0. The molecule has 0 heterocycles. The van der Waals surface area contributed by atoms with E-state index < -0.39 is 0 Å². The molecule has 2 saturated carbocycles. The Morgan fingerprint density at radius 1 is 1.22 bits per heavy atom. The van der Waals surface area contributed by atoms with Gasteiger partial charge >= 0.3 is 0 Å². The Morgan fingerprint density at radius 3 is 2.33 bits per heavy atom. The number of hydrogen-bond acceptors (Lipinski definition) is 1. The number of fused-ring (bicyclic) bond motifs is 2. The van der Waals surface area contributed by atoms with Crippen LogP contribution >= 0.6 is 0 Å². The highest BCUT2D eigenvalue weighted by molar-refractivity contribution is 5.11. The van der Waals surface area contributed by atoms with Crippen LogP contribution in [0.15, 0.2) is 0 Å². The minimum Gasteiger partial charge on any atom is -0.372 e. The standard InChI is InChI=1S/C16H32NO/c1-7-17(5,6)10-11-18-14-12-13-8-9-16(14,4)15(13,2)3/h13-14H,7-12H2,1-6H3/q+1/t13-,14+,16-/m0/s1. The minimum absolute atomic E-state index is 0.418. The first kappa shape index (κ1) is 14.3. The van der Waals surface area contributed by atoms with Gasteiger partial charge in [0.25, 0.3) is 0 Å². The molecular formula is C16H32NO+. The summed E-state index contributed by atoms with van der Waals surface area (Å²) < 4.78 is 7.36. The van der Waals surface area contributed by atoms with E-state index in [4.69, 9.17) is 4.74 Å². The van der Waals surface area contributed by atoms with Crippen LogP contribution in [0.3, 0.4) is 0 Å². The lowest BCUT2D eigenvalue weighted by molar-refractivity contribution is -0.889. The maximum atomic E-state index is 6.30. The zero-order valence-corrected chi connectivity index (χ0v) is 13.3. The van der Waals surface area contributed by atoms with Crippen molar-refractivity contribution in [1.82, 2.24) is 0 Å². The quantitative estimate of drug-likeness (QED) is 0.684. The Bertz CT molecular complexity index is 310. The molecule has 0 amide bonds. The van der Waals surface area contributed by atoms with Crippen molar-refractivity contribution < 1.29 is 9.22 Å². The molecule has 0 aromatic rings. The van der Waals surface area contributed by atoms with E-state index in [1.54, 1.807) is 0 Å². The second-order valence-corrected chi connectivity index (χ2v) is 7.95. The maximum Gasteiger partial charge on any atom is 0.102 e. The molecule has 18 heavy (non-hydrogen) atoms. The predicted molar refractivity (Wildman–Crippen MR) is 76.5 cm³/mol. The van der Waals surface area contributed by atoms with Crippen LogP contribution in [-0.2, 0) is 4.74 Å². The highest BCUT2D eigenvalue weighted by atomic mass is 16.5. The first-order valence-electron chi connectivity index (χ1n) is 7.66. The molecule has 0 unspecified atom stereocenters. The summed E-state index contributed by atoms with van der Waals surface area (Å²) in [5.74, 6) is 0.890. The van der Waals surface area contributed by atoms with Crippen LogP contribution < -0.4 is 0 Å². The Kier molecular flexibility index (Phi) is 3.57. The molecule has 0 N–H and O–H groups in total. The Labute approximate surface area is 113 Å². The third-order valence-corrected chi connectivity index (χ3v) is 6.59. The Hall–Kier alpha value is -0.0800. The molecule has 3 atom stereocenters. The normalized spacial score (nSPS) is 38.3. The summed E-state index contributed by atoms with van der Waals surface area (Å²) in [6, 6.07) is 0. The van der Waals surface area contributed by atoms with Gasteiger partial charge in [-0.1, -0.05) is 20.8 Å². The Morgan fingerprint density at radius 2 is 1.89 bits per heavy atom. The van der Waals surface area contributed by atoms with E-state index in [0.29, 0.717) is 16.9 Å². The van der Waals surface area contributed by atoms with E-state index in [1.165, 1.54) is 25.8 Å². The monoisotopic (exact) mass is 254 g/mol. The third-order valence-electron chi connectivity index (χ3n) is 6.59. The number of ether oxygens (including phenoxy) is 1. The fraction of sp³-hybridized carbons (Fsp3) is 1.00. The van der Waals surface area contributed by atoms with Gasteiger partial charge < -0.3 is 9.22 Å². The zero-order chi connectivity index (χ0) is 13.6. The van der Waals surface area contributed by atoms with Crippen molar-refractivity contribution in [1.29, 1.82) is 0 Å². The van der Waals surface area contributed by atoms with Crippen molar-refractivity contribution in [2.24, 2.45) is 16.7 Å². The van der Waals surface area contributed by atoms with Gasteiger partial charge in [0.2, 0.25) is 0 Å². The van der Waals surface area contributed by atoms with E-state index >= 15 is 0 Å². The van der Waals surface area contributed by atoms with Crippen LogP contribution in [0.5, 0.6) is 0 Å². The summed E-state index contributed by atoms with van der Waals surface area (Å²) in [5, 5.41) is 0. The summed E-state index contributed by atoms with van der Waals surface area (Å²) >= 11 is 0. The SMILES string of the molecule is CC[N+](C)(C)CCO[C@@H]1C[C@@H]2CC[C@]1(C)C2(C)C. The molecular weight excluding hydrogens is 222 g/mol. The molecule has 0 spiro atoms. The van der Waals surface area contributed by atoms with Crippen LogP contribution in [-0.4, -0.2) is 44.4 Å². The second kappa shape index (κ2) is 4.49. The van der Waals surface area contributed by atoms with Gasteiger partial charge in [0, 0.05) is 0 Å². The zero-order valence-electron chi connectivity index (χ0n) is 13.3. The summed E-state index contributed by atoms with van der Waals surface area (Å²) in [4.78, 5) is 0. The molecule has 2 aliphatic carbocycles. The summed E-state index contributed by atoms with van der Waals surface area (Å²) in [5.41, 5.74) is 0.897. The van der Waals surface area contributed by atoms with E-state index in [1.807, 2.05) is 0 Å². The van der Waals surface area contributed by atoms with Crippen molar-refractivity contribution >= 4 is 0 Å². The van der Waals surface area contributed by atoms with Crippen LogP contribution in [0.2, 0.25) is 0 Å². The molecule has 106 valence electrons. The summed E-state index contributed by atoms with van der Waals surface area (Å²) in [7, 11) is 4.58. The van der Waals surface area contributed by atoms with Gasteiger partial charge in [0.1, 0.15) is 6.54 Å². The first-order valence-corrected chi connectivity index (χ1v) is 7.66. The minimum atomic E-state index is 0.418. The number of rotatable bonds is 5. The lowest BCUT2D eigenvalue weighted by atomic mass is 9.70. The fourth-order valence-corrected chi connectivity index (χ4v) is 3.98. The molecule has 2 nitrogen and oxygen atoms in total. The summed E-state index contributed by atoms with van der Waals surface area (Å²) in [6.45, 7) is 12.9. The maximum absolute atomic E-state index is 6.30. The van der Waals surface area contributed by atoms with Crippen molar-refractivity contribution in [3.05, 3.63) is 0 Å². The highest BCUT2D eigenvalue weighted by Crippen LogP contribution is 2.66. The van der Waals surface area contributed by atoms with Gasteiger partial charge in [0.15, 0.2) is 0 Å². The first-order chi connectivity index (χ1) is 8.23. The predicted octanol–water partition coefficient (Wildman–Crippen LogP) is 3.31. The number of nitrogens with zero attached hydrogens (tertiary/aromatic N) is 1. The van der Waals surface area contributed by atoms with E-state index in [2.05, 4.69) is 41.8 Å². The van der Waals surface area contributed by atoms with E-state index in [-0.39, 0.29) is 0 Å². The van der Waals surface area contributed by atoms with Gasteiger partial charge in [0.05, 0.1) is 33.4 Å². The van der Waals surface area contributed by atoms with Gasteiger partial charge in [-0.05, 0) is 42.9 Å². The lowest BCUT2D eigenvalue weighted by Gasteiger charge is -2.39. The number of likely N-dealkylation sites (N-methyl/N-ethyl adjacent to an activating group) is 1. The molecule has 2 rings (SSSR count). The topological polar surface area (TPSA) is 9.23 Å². The second-order valence-electron chi connectivity index (χ2n) is 7.95. The van der Waals surface area contributed by atoms with Crippen LogP contribution in [0.4, 0.5) is 0 Å². The van der Waals surface area contributed by atoms with Gasteiger partial charge in [-0.2, -0.15) is 0 Å². The Balaban J connectivity index is 1.90. The fourth-order valence-electron chi connectivity index (χ4n) is 3.98. The van der Waals surface area contributed by atoms with Crippen molar-refractivity contribution in [3.8, 4) is 0 Å². The molecule has 0 aromatic carbocycles. The van der Waals surface area contributed by atoms with Crippen molar-refractivity contribution in [3.63, 3.8) is 0 Å². The average Bonchev–Trinajstić information content (AvgIpc) is 2.62.